The zero-order chi connectivity index (χ0) is 10.6. The van der Waals surface area contributed by atoms with Gasteiger partial charge in [-0.25, -0.2) is 0 Å². The molecular formula is C12H23NO2. The summed E-state index contributed by atoms with van der Waals surface area (Å²) in [7, 11) is 0. The van der Waals surface area contributed by atoms with E-state index in [1.165, 1.54) is 32.1 Å². The maximum atomic E-state index is 9.55. The van der Waals surface area contributed by atoms with E-state index < -0.39 is 0 Å². The molecule has 0 radical (unpaired) electrons. The van der Waals surface area contributed by atoms with Crippen LogP contribution in [0.5, 0.6) is 0 Å². The fourth-order valence-electron chi connectivity index (χ4n) is 2.79. The molecule has 1 saturated heterocycles. The van der Waals surface area contributed by atoms with Gasteiger partial charge in [0.15, 0.2) is 0 Å². The minimum Gasteiger partial charge on any atom is -0.394 e. The van der Waals surface area contributed by atoms with Crippen molar-refractivity contribution < 1.29 is 9.84 Å². The fraction of sp³-hybridized carbons (Fsp3) is 1.00. The van der Waals surface area contributed by atoms with Crippen LogP contribution in [0.1, 0.15) is 44.9 Å². The molecule has 2 aliphatic rings. The molecule has 0 aromatic heterocycles. The molecule has 0 aromatic rings. The fourth-order valence-corrected chi connectivity index (χ4v) is 2.79. The van der Waals surface area contributed by atoms with E-state index in [-0.39, 0.29) is 12.1 Å². The lowest BCUT2D eigenvalue weighted by Gasteiger charge is -2.40. The van der Waals surface area contributed by atoms with Gasteiger partial charge in [-0.3, -0.25) is 0 Å². The average molecular weight is 213 g/mol. The molecule has 3 nitrogen and oxygen atoms in total. The Morgan fingerprint density at radius 2 is 1.80 bits per heavy atom. The number of hydrogen-bond acceptors (Lipinski definition) is 3. The molecule has 0 amide bonds. The third kappa shape index (κ3) is 2.92. The van der Waals surface area contributed by atoms with Gasteiger partial charge in [0.1, 0.15) is 0 Å². The van der Waals surface area contributed by atoms with Crippen molar-refractivity contribution in [1.82, 2.24) is 5.32 Å². The van der Waals surface area contributed by atoms with Gasteiger partial charge in [0, 0.05) is 24.8 Å². The topological polar surface area (TPSA) is 41.5 Å². The summed E-state index contributed by atoms with van der Waals surface area (Å²) >= 11 is 0. The van der Waals surface area contributed by atoms with Gasteiger partial charge in [0.05, 0.1) is 6.61 Å². The Kier molecular flexibility index (Phi) is 4.00. The molecule has 0 bridgehead atoms. The Morgan fingerprint density at radius 1 is 1.13 bits per heavy atom. The van der Waals surface area contributed by atoms with Gasteiger partial charge < -0.3 is 15.2 Å². The first-order chi connectivity index (χ1) is 7.35. The monoisotopic (exact) mass is 213 g/mol. The second kappa shape index (κ2) is 5.28. The summed E-state index contributed by atoms with van der Waals surface area (Å²) in [6.07, 6.45) is 8.55. The van der Waals surface area contributed by atoms with E-state index in [0.717, 1.165) is 26.1 Å². The van der Waals surface area contributed by atoms with Crippen molar-refractivity contribution in [2.75, 3.05) is 19.8 Å². The van der Waals surface area contributed by atoms with E-state index >= 15 is 0 Å². The van der Waals surface area contributed by atoms with Crippen molar-refractivity contribution in [2.24, 2.45) is 0 Å². The third-order valence-electron chi connectivity index (χ3n) is 3.87. The van der Waals surface area contributed by atoms with Crippen LogP contribution in [0.25, 0.3) is 0 Å². The predicted octanol–water partition coefficient (Wildman–Crippen LogP) is 1.45. The highest BCUT2D eigenvalue weighted by Crippen LogP contribution is 2.25. The molecule has 0 unspecified atom stereocenters. The van der Waals surface area contributed by atoms with Crippen molar-refractivity contribution in [3.8, 4) is 0 Å². The van der Waals surface area contributed by atoms with Crippen LogP contribution in [-0.2, 0) is 4.74 Å². The van der Waals surface area contributed by atoms with Crippen LogP contribution in [0, 0.1) is 0 Å². The number of hydrogen-bond donors (Lipinski definition) is 2. The van der Waals surface area contributed by atoms with Gasteiger partial charge >= 0.3 is 0 Å². The van der Waals surface area contributed by atoms with Gasteiger partial charge in [0.25, 0.3) is 0 Å². The average Bonchev–Trinajstić information content (AvgIpc) is 2.32. The Hall–Kier alpha value is -0.120. The molecule has 2 rings (SSSR count). The maximum Gasteiger partial charge on any atom is 0.0615 e. The molecule has 0 atom stereocenters. The summed E-state index contributed by atoms with van der Waals surface area (Å²) in [5, 5.41) is 13.2. The van der Waals surface area contributed by atoms with Gasteiger partial charge in [-0.1, -0.05) is 19.3 Å². The highest BCUT2D eigenvalue weighted by molar-refractivity contribution is 4.92. The smallest absolute Gasteiger partial charge is 0.0615 e. The quantitative estimate of drug-likeness (QED) is 0.745. The Morgan fingerprint density at radius 3 is 2.40 bits per heavy atom. The first-order valence-corrected chi connectivity index (χ1v) is 6.31. The molecular weight excluding hydrogens is 190 g/mol. The number of rotatable bonds is 3. The van der Waals surface area contributed by atoms with Gasteiger partial charge in [0.2, 0.25) is 0 Å². The zero-order valence-electron chi connectivity index (χ0n) is 9.50. The van der Waals surface area contributed by atoms with E-state index in [9.17, 15) is 5.11 Å². The molecule has 2 fully saturated rings. The molecule has 2 N–H and O–H groups in total. The predicted molar refractivity (Wildman–Crippen MR) is 59.9 cm³/mol. The first-order valence-electron chi connectivity index (χ1n) is 6.31. The molecule has 15 heavy (non-hydrogen) atoms. The number of nitrogens with one attached hydrogen (secondary N) is 1. The zero-order valence-corrected chi connectivity index (χ0v) is 9.50. The van der Waals surface area contributed by atoms with Crippen LogP contribution in [0.2, 0.25) is 0 Å². The second-order valence-electron chi connectivity index (χ2n) is 5.03. The Balaban J connectivity index is 1.87. The molecule has 0 aromatic carbocycles. The van der Waals surface area contributed by atoms with Crippen molar-refractivity contribution in [3.05, 3.63) is 0 Å². The number of ether oxygens (including phenoxy) is 1. The minimum atomic E-state index is -0.0414. The lowest BCUT2D eigenvalue weighted by molar-refractivity contribution is 0.00439. The highest BCUT2D eigenvalue weighted by atomic mass is 16.5. The van der Waals surface area contributed by atoms with E-state index in [0.29, 0.717) is 6.04 Å². The summed E-state index contributed by atoms with van der Waals surface area (Å²) in [4.78, 5) is 0. The lowest BCUT2D eigenvalue weighted by Crippen LogP contribution is -2.56. The third-order valence-corrected chi connectivity index (χ3v) is 3.87. The van der Waals surface area contributed by atoms with E-state index in [4.69, 9.17) is 4.74 Å². The van der Waals surface area contributed by atoms with Crippen LogP contribution in [-0.4, -0.2) is 36.5 Å². The van der Waals surface area contributed by atoms with Crippen LogP contribution in [0.3, 0.4) is 0 Å². The van der Waals surface area contributed by atoms with Crippen LogP contribution >= 0.6 is 0 Å². The highest BCUT2D eigenvalue weighted by Gasteiger charge is 2.33. The van der Waals surface area contributed by atoms with Crippen molar-refractivity contribution in [2.45, 2.75) is 56.5 Å². The van der Waals surface area contributed by atoms with E-state index in [1.807, 2.05) is 0 Å². The first kappa shape index (κ1) is 11.4. The maximum absolute atomic E-state index is 9.55. The van der Waals surface area contributed by atoms with Gasteiger partial charge in [-0.15, -0.1) is 0 Å². The van der Waals surface area contributed by atoms with Crippen molar-refractivity contribution >= 4 is 0 Å². The van der Waals surface area contributed by atoms with Gasteiger partial charge in [-0.05, 0) is 25.7 Å². The summed E-state index contributed by atoms with van der Waals surface area (Å²) in [6, 6.07) is 0.629. The molecule has 3 heteroatoms. The molecule has 1 saturated carbocycles. The summed E-state index contributed by atoms with van der Waals surface area (Å²) < 4.78 is 5.36. The second-order valence-corrected chi connectivity index (χ2v) is 5.03. The number of aliphatic hydroxyl groups excluding tert-OH is 1. The standard InChI is InChI=1S/C12H23NO2/c14-10-12(6-8-15-9-7-12)13-11-4-2-1-3-5-11/h11,13-14H,1-10H2. The van der Waals surface area contributed by atoms with Crippen LogP contribution < -0.4 is 5.32 Å². The summed E-state index contributed by atoms with van der Waals surface area (Å²) in [6.45, 7) is 1.84. The summed E-state index contributed by atoms with van der Waals surface area (Å²) in [5.74, 6) is 0. The minimum absolute atomic E-state index is 0.0414. The SMILES string of the molecule is OCC1(NC2CCCCC2)CCOCC1. The van der Waals surface area contributed by atoms with E-state index in [2.05, 4.69) is 5.32 Å². The Bertz CT molecular complexity index is 184. The number of aliphatic hydroxyl groups is 1. The van der Waals surface area contributed by atoms with Crippen LogP contribution in [0.4, 0.5) is 0 Å². The molecule has 0 spiro atoms. The molecule has 1 aliphatic carbocycles. The van der Waals surface area contributed by atoms with Gasteiger partial charge in [-0.2, -0.15) is 0 Å². The Labute approximate surface area is 92.2 Å². The van der Waals surface area contributed by atoms with Crippen LogP contribution in [0.15, 0.2) is 0 Å². The molecule has 1 heterocycles. The largest absolute Gasteiger partial charge is 0.394 e. The van der Waals surface area contributed by atoms with Crippen molar-refractivity contribution in [1.29, 1.82) is 0 Å². The molecule has 1 aliphatic heterocycles. The van der Waals surface area contributed by atoms with E-state index in [1.54, 1.807) is 0 Å². The normalized spacial score (nSPS) is 27.8. The molecule has 88 valence electrons. The summed E-state index contributed by atoms with van der Waals surface area (Å²) in [5.41, 5.74) is -0.0414. The lowest BCUT2D eigenvalue weighted by atomic mass is 9.87. The van der Waals surface area contributed by atoms with Crippen molar-refractivity contribution in [3.63, 3.8) is 0 Å².